The minimum absolute atomic E-state index is 0.648. The van der Waals surface area contributed by atoms with Crippen LogP contribution in [0.2, 0.25) is 0 Å². The summed E-state index contributed by atoms with van der Waals surface area (Å²) < 4.78 is 8.86. The van der Waals surface area contributed by atoms with Gasteiger partial charge >= 0.3 is 0 Å². The molecule has 4 aromatic heterocycles. The number of para-hydroxylation sites is 4. The number of nitrogens with zero attached hydrogens (tertiary/aromatic N) is 4. The molecular formula is C51H32N4O. The van der Waals surface area contributed by atoms with Gasteiger partial charge in [-0.05, 0) is 89.5 Å². The van der Waals surface area contributed by atoms with E-state index in [9.17, 15) is 0 Å². The van der Waals surface area contributed by atoms with Gasteiger partial charge in [-0.1, -0.05) is 109 Å². The lowest BCUT2D eigenvalue weighted by molar-refractivity contribution is 0.670. The molecule has 0 aliphatic rings. The van der Waals surface area contributed by atoms with Gasteiger partial charge in [-0.3, -0.25) is 4.98 Å². The van der Waals surface area contributed by atoms with E-state index >= 15 is 0 Å². The van der Waals surface area contributed by atoms with Gasteiger partial charge in [0.05, 0.1) is 22.4 Å². The number of rotatable bonds is 6. The van der Waals surface area contributed by atoms with Crippen LogP contribution in [0.15, 0.2) is 199 Å². The molecule has 0 aliphatic carbocycles. The first-order valence-electron chi connectivity index (χ1n) is 18.8. The van der Waals surface area contributed by atoms with E-state index in [2.05, 4.69) is 149 Å². The van der Waals surface area contributed by atoms with Gasteiger partial charge in [0.2, 0.25) is 0 Å². The highest BCUT2D eigenvalue weighted by Gasteiger charge is 2.18. The molecule has 11 aromatic rings. The van der Waals surface area contributed by atoms with Crippen molar-refractivity contribution in [3.05, 3.63) is 194 Å². The van der Waals surface area contributed by atoms with Crippen molar-refractivity contribution in [3.63, 3.8) is 0 Å². The van der Waals surface area contributed by atoms with Gasteiger partial charge in [0, 0.05) is 61.9 Å². The molecule has 5 heteroatoms. The lowest BCUT2D eigenvalue weighted by Crippen LogP contribution is -1.97. The molecule has 0 spiro atoms. The maximum Gasteiger partial charge on any atom is 0.160 e. The molecule has 5 nitrogen and oxygen atoms in total. The number of aromatic nitrogens is 4. The van der Waals surface area contributed by atoms with Gasteiger partial charge in [-0.25, -0.2) is 9.97 Å². The summed E-state index contributed by atoms with van der Waals surface area (Å²) in [6.07, 6.45) is 3.73. The summed E-state index contributed by atoms with van der Waals surface area (Å²) in [5, 5.41) is 4.55. The van der Waals surface area contributed by atoms with Crippen LogP contribution in [0.3, 0.4) is 0 Å². The molecule has 0 amide bonds. The zero-order valence-corrected chi connectivity index (χ0v) is 30.2. The molecular weight excluding hydrogens is 685 g/mol. The maximum atomic E-state index is 6.51. The monoisotopic (exact) mass is 716 g/mol. The van der Waals surface area contributed by atoms with Crippen molar-refractivity contribution in [2.75, 3.05) is 0 Å². The van der Waals surface area contributed by atoms with E-state index in [1.807, 2.05) is 54.9 Å². The molecule has 0 saturated carbocycles. The predicted molar refractivity (Wildman–Crippen MR) is 229 cm³/mol. The molecule has 56 heavy (non-hydrogen) atoms. The normalized spacial score (nSPS) is 11.6. The van der Waals surface area contributed by atoms with Crippen LogP contribution in [0.25, 0.3) is 106 Å². The molecule has 0 fully saturated rings. The number of hydrogen-bond donors (Lipinski definition) is 0. The summed E-state index contributed by atoms with van der Waals surface area (Å²) in [7, 11) is 0. The summed E-state index contributed by atoms with van der Waals surface area (Å²) in [6.45, 7) is 0. The minimum atomic E-state index is 0.648. The summed E-state index contributed by atoms with van der Waals surface area (Å²) >= 11 is 0. The molecule has 0 aliphatic heterocycles. The average molecular weight is 717 g/mol. The quantitative estimate of drug-likeness (QED) is 0.172. The highest BCUT2D eigenvalue weighted by atomic mass is 16.3. The second-order valence-electron chi connectivity index (χ2n) is 14.1. The van der Waals surface area contributed by atoms with E-state index < -0.39 is 0 Å². The Balaban J connectivity index is 1.14. The third-order valence-corrected chi connectivity index (χ3v) is 10.7. The van der Waals surface area contributed by atoms with Crippen LogP contribution >= 0.6 is 0 Å². The summed E-state index contributed by atoms with van der Waals surface area (Å²) in [4.78, 5) is 14.9. The van der Waals surface area contributed by atoms with E-state index in [0.29, 0.717) is 5.82 Å². The lowest BCUT2D eigenvalue weighted by Gasteiger charge is -2.13. The molecule has 0 unspecified atom stereocenters. The van der Waals surface area contributed by atoms with Crippen molar-refractivity contribution in [2.24, 2.45) is 0 Å². The Morgan fingerprint density at radius 3 is 1.93 bits per heavy atom. The zero-order valence-electron chi connectivity index (χ0n) is 30.2. The summed E-state index contributed by atoms with van der Waals surface area (Å²) in [5.74, 6) is 0.648. The number of pyridine rings is 1. The van der Waals surface area contributed by atoms with Gasteiger partial charge in [0.25, 0.3) is 0 Å². The second-order valence-corrected chi connectivity index (χ2v) is 14.1. The molecule has 0 saturated heterocycles. The van der Waals surface area contributed by atoms with E-state index in [1.165, 1.54) is 16.3 Å². The first kappa shape index (κ1) is 31.9. The standard InChI is InChI=1S/C51H32N4O/c1-3-13-33(14-4-1)51-53-45(31-46(54-51)43-21-11-20-42-41-19-8-10-23-49(41)56-50(42)43)38-28-36(27-37(29-38)35-15-12-26-52-32-35)34-24-25-48-44(30-34)40-18-7-9-22-47(40)55(48)39-16-5-2-6-17-39/h1-32H. The Labute approximate surface area is 322 Å². The van der Waals surface area contributed by atoms with Crippen molar-refractivity contribution in [3.8, 4) is 61.8 Å². The van der Waals surface area contributed by atoms with Crippen LogP contribution in [-0.2, 0) is 0 Å². The van der Waals surface area contributed by atoms with Crippen molar-refractivity contribution in [1.82, 2.24) is 19.5 Å². The highest BCUT2D eigenvalue weighted by molar-refractivity contribution is 6.11. The highest BCUT2D eigenvalue weighted by Crippen LogP contribution is 2.40. The smallest absolute Gasteiger partial charge is 0.160 e. The number of fused-ring (bicyclic) bond motifs is 6. The van der Waals surface area contributed by atoms with Crippen LogP contribution in [0, 0.1) is 0 Å². The van der Waals surface area contributed by atoms with E-state index in [0.717, 1.165) is 83.5 Å². The van der Waals surface area contributed by atoms with Gasteiger partial charge in [-0.2, -0.15) is 0 Å². The molecule has 4 heterocycles. The maximum absolute atomic E-state index is 6.51. The third kappa shape index (κ3) is 5.37. The van der Waals surface area contributed by atoms with Crippen LogP contribution in [0.1, 0.15) is 0 Å². The Bertz CT molecular complexity index is 3240. The van der Waals surface area contributed by atoms with Crippen molar-refractivity contribution in [2.45, 2.75) is 0 Å². The molecule has 11 rings (SSSR count). The fourth-order valence-electron chi connectivity index (χ4n) is 8.05. The summed E-state index contributed by atoms with van der Waals surface area (Å²) in [6, 6.07) is 63.6. The van der Waals surface area contributed by atoms with Gasteiger partial charge < -0.3 is 8.98 Å². The fraction of sp³-hybridized carbons (Fsp3) is 0. The largest absolute Gasteiger partial charge is 0.455 e. The fourth-order valence-corrected chi connectivity index (χ4v) is 8.05. The van der Waals surface area contributed by atoms with Crippen LogP contribution < -0.4 is 0 Å². The molecule has 0 atom stereocenters. The van der Waals surface area contributed by atoms with Crippen LogP contribution in [-0.4, -0.2) is 19.5 Å². The van der Waals surface area contributed by atoms with E-state index in [4.69, 9.17) is 14.4 Å². The number of benzene rings is 7. The lowest BCUT2D eigenvalue weighted by atomic mass is 9.94. The zero-order chi connectivity index (χ0) is 37.0. The Kier molecular flexibility index (Phi) is 7.42. The van der Waals surface area contributed by atoms with Crippen molar-refractivity contribution >= 4 is 43.7 Å². The van der Waals surface area contributed by atoms with Crippen molar-refractivity contribution < 1.29 is 4.42 Å². The Morgan fingerprint density at radius 1 is 0.411 bits per heavy atom. The molecule has 0 radical (unpaired) electrons. The molecule has 262 valence electrons. The SMILES string of the molecule is c1ccc(-c2nc(-c3cc(-c4cccnc4)cc(-c4ccc5c(c4)c4ccccc4n5-c4ccccc4)c3)cc(-c3cccc4c3oc3ccccc34)n2)cc1. The van der Waals surface area contributed by atoms with Crippen LogP contribution in [0.5, 0.6) is 0 Å². The third-order valence-electron chi connectivity index (χ3n) is 10.7. The van der Waals surface area contributed by atoms with E-state index in [1.54, 1.807) is 0 Å². The first-order chi connectivity index (χ1) is 27.7. The Morgan fingerprint density at radius 2 is 1.09 bits per heavy atom. The molecule has 0 N–H and O–H groups in total. The van der Waals surface area contributed by atoms with Gasteiger partial charge in [0.1, 0.15) is 11.2 Å². The topological polar surface area (TPSA) is 56.7 Å². The summed E-state index contributed by atoms with van der Waals surface area (Å²) in [5.41, 5.74) is 13.9. The van der Waals surface area contributed by atoms with E-state index in [-0.39, 0.29) is 0 Å². The second kappa shape index (κ2) is 13.0. The number of furan rings is 1. The van der Waals surface area contributed by atoms with Gasteiger partial charge in [-0.15, -0.1) is 0 Å². The first-order valence-corrected chi connectivity index (χ1v) is 18.8. The van der Waals surface area contributed by atoms with Crippen molar-refractivity contribution in [1.29, 1.82) is 0 Å². The minimum Gasteiger partial charge on any atom is -0.455 e. The predicted octanol–water partition coefficient (Wildman–Crippen LogP) is 13.2. The Hall–Kier alpha value is -7.63. The van der Waals surface area contributed by atoms with Gasteiger partial charge in [0.15, 0.2) is 5.82 Å². The average Bonchev–Trinajstić information content (AvgIpc) is 3.83. The van der Waals surface area contributed by atoms with Crippen LogP contribution in [0.4, 0.5) is 0 Å². The molecule has 0 bridgehead atoms. The molecule has 7 aromatic carbocycles. The number of hydrogen-bond acceptors (Lipinski definition) is 4.